The van der Waals surface area contributed by atoms with Crippen molar-refractivity contribution < 1.29 is 12.9 Å². The number of aryl methyl sites for hydroxylation is 2. The van der Waals surface area contributed by atoms with Crippen molar-refractivity contribution in [2.24, 2.45) is 5.73 Å². The highest BCUT2D eigenvalue weighted by Crippen LogP contribution is 2.26. The first-order chi connectivity index (χ1) is 8.84. The van der Waals surface area contributed by atoms with Gasteiger partial charge >= 0.3 is 0 Å². The van der Waals surface area contributed by atoms with E-state index in [1.165, 1.54) is 6.42 Å². The molecular formula is C12H21N3O3S. The number of rotatable bonds is 4. The Labute approximate surface area is 113 Å². The fraction of sp³-hybridized carbons (Fsp3) is 0.750. The Morgan fingerprint density at radius 3 is 2.47 bits per heavy atom. The van der Waals surface area contributed by atoms with Crippen LogP contribution in [-0.4, -0.2) is 25.7 Å². The minimum absolute atomic E-state index is 0.131. The molecule has 0 bridgehead atoms. The second-order valence-electron chi connectivity index (χ2n) is 5.40. The van der Waals surface area contributed by atoms with Gasteiger partial charge in [0.15, 0.2) is 5.76 Å². The third-order valence-electron chi connectivity index (χ3n) is 3.70. The molecule has 0 amide bonds. The van der Waals surface area contributed by atoms with Crippen molar-refractivity contribution in [3.63, 3.8) is 0 Å². The van der Waals surface area contributed by atoms with Crippen LogP contribution in [0.25, 0.3) is 0 Å². The summed E-state index contributed by atoms with van der Waals surface area (Å²) in [6, 6.07) is 0. The fourth-order valence-electron chi connectivity index (χ4n) is 2.60. The normalized spacial score (nSPS) is 19.5. The SMILES string of the molecule is Cc1noc(C)c1S(=O)(=O)NCC1(N)CCCCC1. The molecule has 1 aliphatic carbocycles. The summed E-state index contributed by atoms with van der Waals surface area (Å²) in [7, 11) is -3.60. The van der Waals surface area contributed by atoms with E-state index in [2.05, 4.69) is 9.88 Å². The van der Waals surface area contributed by atoms with Crippen molar-refractivity contribution in [1.29, 1.82) is 0 Å². The monoisotopic (exact) mass is 287 g/mol. The second-order valence-corrected chi connectivity index (χ2v) is 7.10. The number of sulfonamides is 1. The standard InChI is InChI=1S/C12H21N3O3S/c1-9-11(10(2)18-15-9)19(16,17)14-8-12(13)6-4-3-5-7-12/h14H,3-8,13H2,1-2H3. The smallest absolute Gasteiger partial charge is 0.246 e. The number of hydrogen-bond donors (Lipinski definition) is 2. The molecule has 3 N–H and O–H groups in total. The molecule has 108 valence electrons. The molecule has 1 heterocycles. The van der Waals surface area contributed by atoms with Gasteiger partial charge in [0.2, 0.25) is 10.0 Å². The van der Waals surface area contributed by atoms with Gasteiger partial charge in [0.1, 0.15) is 10.6 Å². The topological polar surface area (TPSA) is 98.2 Å². The third kappa shape index (κ3) is 3.16. The van der Waals surface area contributed by atoms with Crippen molar-refractivity contribution in [3.8, 4) is 0 Å². The number of aromatic nitrogens is 1. The van der Waals surface area contributed by atoms with Crippen molar-refractivity contribution in [1.82, 2.24) is 9.88 Å². The predicted octanol–water partition coefficient (Wildman–Crippen LogP) is 1.23. The van der Waals surface area contributed by atoms with Gasteiger partial charge in [-0.05, 0) is 26.7 Å². The molecular weight excluding hydrogens is 266 g/mol. The first kappa shape index (κ1) is 14.5. The van der Waals surface area contributed by atoms with E-state index in [4.69, 9.17) is 10.3 Å². The van der Waals surface area contributed by atoms with Crippen LogP contribution in [0, 0.1) is 13.8 Å². The Kier molecular flexibility index (Phi) is 3.98. The number of nitrogens with zero attached hydrogens (tertiary/aromatic N) is 1. The maximum Gasteiger partial charge on any atom is 0.246 e. The first-order valence-electron chi connectivity index (χ1n) is 6.55. The van der Waals surface area contributed by atoms with Gasteiger partial charge in [0, 0.05) is 12.1 Å². The Morgan fingerprint density at radius 2 is 1.95 bits per heavy atom. The zero-order chi connectivity index (χ0) is 14.1. The zero-order valence-corrected chi connectivity index (χ0v) is 12.2. The maximum atomic E-state index is 12.3. The molecule has 0 radical (unpaired) electrons. The van der Waals surface area contributed by atoms with Gasteiger partial charge in [-0.15, -0.1) is 0 Å². The van der Waals surface area contributed by atoms with Crippen LogP contribution >= 0.6 is 0 Å². The predicted molar refractivity (Wildman–Crippen MR) is 71.2 cm³/mol. The summed E-state index contributed by atoms with van der Waals surface area (Å²) in [5, 5.41) is 3.67. The van der Waals surface area contributed by atoms with Crippen LogP contribution in [0.5, 0.6) is 0 Å². The van der Waals surface area contributed by atoms with Crippen molar-refractivity contribution in [2.75, 3.05) is 6.54 Å². The molecule has 1 aromatic heterocycles. The van der Waals surface area contributed by atoms with Gasteiger partial charge in [0.05, 0.1) is 0 Å². The van der Waals surface area contributed by atoms with Gasteiger partial charge in [-0.1, -0.05) is 24.4 Å². The van der Waals surface area contributed by atoms with Crippen LogP contribution < -0.4 is 10.5 Å². The molecule has 2 rings (SSSR count). The van der Waals surface area contributed by atoms with Gasteiger partial charge in [-0.25, -0.2) is 13.1 Å². The number of nitrogens with two attached hydrogens (primary N) is 1. The highest BCUT2D eigenvalue weighted by molar-refractivity contribution is 7.89. The summed E-state index contributed by atoms with van der Waals surface area (Å²) in [5.41, 5.74) is 6.18. The summed E-state index contributed by atoms with van der Waals surface area (Å²) in [6.07, 6.45) is 5.01. The van der Waals surface area contributed by atoms with Crippen molar-refractivity contribution in [2.45, 2.75) is 56.4 Å². The van der Waals surface area contributed by atoms with Crippen LogP contribution in [0.15, 0.2) is 9.42 Å². The molecule has 6 nitrogen and oxygen atoms in total. The van der Waals surface area contributed by atoms with Crippen LogP contribution in [0.1, 0.15) is 43.6 Å². The lowest BCUT2D eigenvalue weighted by atomic mass is 9.83. The number of nitrogens with one attached hydrogen (secondary N) is 1. The van der Waals surface area contributed by atoms with Crippen LogP contribution in [-0.2, 0) is 10.0 Å². The summed E-state index contributed by atoms with van der Waals surface area (Å²) in [5.74, 6) is 0.305. The van der Waals surface area contributed by atoms with Gasteiger partial charge in [0.25, 0.3) is 0 Å². The van der Waals surface area contributed by atoms with Crippen molar-refractivity contribution in [3.05, 3.63) is 11.5 Å². The van der Waals surface area contributed by atoms with E-state index in [9.17, 15) is 8.42 Å². The molecule has 0 aromatic carbocycles. The van der Waals surface area contributed by atoms with E-state index >= 15 is 0 Å². The Hall–Kier alpha value is -0.920. The molecule has 1 saturated carbocycles. The van der Waals surface area contributed by atoms with E-state index in [0.717, 1.165) is 25.7 Å². The zero-order valence-electron chi connectivity index (χ0n) is 11.4. The first-order valence-corrected chi connectivity index (χ1v) is 8.04. The average molecular weight is 287 g/mol. The molecule has 1 fully saturated rings. The van der Waals surface area contributed by atoms with E-state index in [1.807, 2.05) is 0 Å². The summed E-state index contributed by atoms with van der Waals surface area (Å²) >= 11 is 0. The van der Waals surface area contributed by atoms with Crippen molar-refractivity contribution >= 4 is 10.0 Å². The average Bonchev–Trinajstić information content (AvgIpc) is 2.68. The molecule has 0 atom stereocenters. The van der Waals surface area contributed by atoms with Gasteiger partial charge in [-0.3, -0.25) is 0 Å². The molecule has 0 unspecified atom stereocenters. The molecule has 7 heteroatoms. The lowest BCUT2D eigenvalue weighted by Crippen LogP contribution is -2.51. The van der Waals surface area contributed by atoms with Crippen LogP contribution in [0.3, 0.4) is 0 Å². The quantitative estimate of drug-likeness (QED) is 0.868. The van der Waals surface area contributed by atoms with Crippen LogP contribution in [0.4, 0.5) is 0 Å². The Bertz CT molecular complexity index is 525. The maximum absolute atomic E-state index is 12.3. The van der Waals surface area contributed by atoms with E-state index in [-0.39, 0.29) is 11.4 Å². The molecule has 0 aliphatic heterocycles. The molecule has 1 aliphatic rings. The van der Waals surface area contributed by atoms with Gasteiger partial charge < -0.3 is 10.3 Å². The second kappa shape index (κ2) is 5.22. The largest absolute Gasteiger partial charge is 0.360 e. The van der Waals surface area contributed by atoms with E-state index < -0.39 is 15.6 Å². The molecule has 0 saturated heterocycles. The summed E-state index contributed by atoms with van der Waals surface area (Å²) in [4.78, 5) is 0.131. The van der Waals surface area contributed by atoms with Gasteiger partial charge in [-0.2, -0.15) is 0 Å². The lowest BCUT2D eigenvalue weighted by Gasteiger charge is -2.33. The Balaban J connectivity index is 2.10. The fourth-order valence-corrected chi connectivity index (χ4v) is 4.07. The molecule has 0 spiro atoms. The van der Waals surface area contributed by atoms with Crippen LogP contribution in [0.2, 0.25) is 0 Å². The molecule has 19 heavy (non-hydrogen) atoms. The van der Waals surface area contributed by atoms with E-state index in [1.54, 1.807) is 13.8 Å². The highest BCUT2D eigenvalue weighted by Gasteiger charge is 2.31. The molecule has 1 aromatic rings. The lowest BCUT2D eigenvalue weighted by molar-refractivity contribution is 0.296. The minimum Gasteiger partial charge on any atom is -0.360 e. The van der Waals surface area contributed by atoms with E-state index in [0.29, 0.717) is 11.5 Å². The summed E-state index contributed by atoms with van der Waals surface area (Å²) < 4.78 is 32.0. The third-order valence-corrected chi connectivity index (χ3v) is 5.34. The minimum atomic E-state index is -3.60. The Morgan fingerprint density at radius 1 is 1.32 bits per heavy atom. The summed E-state index contributed by atoms with van der Waals surface area (Å²) in [6.45, 7) is 3.47. The number of hydrogen-bond acceptors (Lipinski definition) is 5. The highest BCUT2D eigenvalue weighted by atomic mass is 32.2.